The molecular formula is C62H74F3N7O10S2. The maximum Gasteiger partial charge on any atom is 0.417 e. The Morgan fingerprint density at radius 3 is 2.12 bits per heavy atom. The maximum atomic E-state index is 14.2. The first-order valence-electron chi connectivity index (χ1n) is 28.2. The molecule has 450 valence electrons. The standard InChI is InChI=1S/C62H74F3N7O10S2/c1-42(2)55(71-39-47-13-8-9-14-51(47)58(71)74)59(75)70-24-12-15-53(70)57(73)67-38-46-17-16-44(56-43(3)68-40-84-56)35-54(46)82-34-32-80-30-28-78-26-11-7-10-25-77-27-29-79-31-33-81-50-22-20-48(21-23-50)72(41-83)61(4,5)60(76)69(6)49-19-18-45(37-66)52(36-49)62(63,64)65/h8-9,13-14,16-23,35-36,40-42,53,55H,7,10-12,15,24-34,38-39H2,1-6H3,(H,67,73)/t53-,55?/m0/s1. The van der Waals surface area contributed by atoms with Gasteiger partial charge in [0.15, 0.2) is 0 Å². The second kappa shape index (κ2) is 30.7. The number of thiazole rings is 1. The zero-order chi connectivity index (χ0) is 60.4. The summed E-state index contributed by atoms with van der Waals surface area (Å²) in [5.41, 5.74) is 4.86. The summed E-state index contributed by atoms with van der Waals surface area (Å²) >= 11 is 6.81. The van der Waals surface area contributed by atoms with E-state index in [9.17, 15) is 32.3 Å². The Morgan fingerprint density at radius 2 is 1.50 bits per heavy atom. The molecule has 2 aliphatic heterocycles. The molecule has 1 aromatic heterocycles. The first kappa shape index (κ1) is 64.6. The van der Waals surface area contributed by atoms with E-state index >= 15 is 0 Å². The van der Waals surface area contributed by atoms with Gasteiger partial charge < -0.3 is 53.3 Å². The van der Waals surface area contributed by atoms with Crippen molar-refractivity contribution in [3.8, 4) is 28.0 Å². The number of ether oxygens (including phenoxy) is 6. The Hall–Kier alpha value is -7.00. The predicted molar refractivity (Wildman–Crippen MR) is 318 cm³/mol. The van der Waals surface area contributed by atoms with E-state index < -0.39 is 40.8 Å². The van der Waals surface area contributed by atoms with E-state index in [2.05, 4.69) is 10.3 Å². The lowest BCUT2D eigenvalue weighted by atomic mass is 9.99. The van der Waals surface area contributed by atoms with Crippen LogP contribution in [0, 0.1) is 24.2 Å². The number of likely N-dealkylation sites (tertiary alicyclic amines) is 1. The summed E-state index contributed by atoms with van der Waals surface area (Å²) in [6, 6.07) is 23.6. The molecule has 2 atom stereocenters. The van der Waals surface area contributed by atoms with E-state index in [1.54, 1.807) is 81.8 Å². The van der Waals surface area contributed by atoms with Crippen LogP contribution < -0.4 is 24.6 Å². The Kier molecular flexibility index (Phi) is 23.6. The second-order valence-corrected chi connectivity index (χ2v) is 22.3. The maximum absolute atomic E-state index is 14.2. The Bertz CT molecular complexity index is 3080. The number of rotatable bonds is 32. The van der Waals surface area contributed by atoms with Gasteiger partial charge in [0.05, 0.1) is 78.4 Å². The molecule has 0 bridgehead atoms. The van der Waals surface area contributed by atoms with Crippen LogP contribution in [0.1, 0.15) is 98.1 Å². The first-order chi connectivity index (χ1) is 40.3. The number of nitrogens with one attached hydrogen (secondary N) is 1. The van der Waals surface area contributed by atoms with Gasteiger partial charge in [0.1, 0.15) is 42.3 Å². The van der Waals surface area contributed by atoms with E-state index in [0.717, 1.165) is 63.6 Å². The number of amides is 4. The summed E-state index contributed by atoms with van der Waals surface area (Å²) in [4.78, 5) is 66.6. The number of carbonyl (C=O) groups is 4. The van der Waals surface area contributed by atoms with Gasteiger partial charge in [-0.15, -0.1) is 11.3 Å². The van der Waals surface area contributed by atoms with Gasteiger partial charge in [-0.3, -0.25) is 19.2 Å². The summed E-state index contributed by atoms with van der Waals surface area (Å²) in [5.74, 6) is -0.116. The molecule has 4 aromatic carbocycles. The largest absolute Gasteiger partial charge is 0.491 e. The van der Waals surface area contributed by atoms with Gasteiger partial charge in [0.25, 0.3) is 11.8 Å². The number of alkyl halides is 3. The lowest BCUT2D eigenvalue weighted by molar-refractivity contribution is -0.143. The van der Waals surface area contributed by atoms with Gasteiger partial charge in [0.2, 0.25) is 11.8 Å². The van der Waals surface area contributed by atoms with Crippen LogP contribution in [0.4, 0.5) is 24.5 Å². The van der Waals surface area contributed by atoms with Crippen LogP contribution in [0.3, 0.4) is 0 Å². The second-order valence-electron chi connectivity index (χ2n) is 21.2. The number of unbranched alkanes of at least 4 members (excludes halogenated alkanes) is 2. The van der Waals surface area contributed by atoms with Crippen molar-refractivity contribution in [1.82, 2.24) is 20.1 Å². The fourth-order valence-electron chi connectivity index (χ4n) is 10.2. The zero-order valence-electron chi connectivity index (χ0n) is 48.4. The number of hydrogen-bond donors (Lipinski definition) is 1. The molecule has 3 heterocycles. The number of hydrogen-bond acceptors (Lipinski definition) is 14. The van der Waals surface area contributed by atoms with Crippen LogP contribution in [0.15, 0.2) is 90.4 Å². The highest BCUT2D eigenvalue weighted by Crippen LogP contribution is 2.37. The molecule has 5 aromatic rings. The average Bonchev–Trinajstić information content (AvgIpc) is 3.70. The first-order valence-corrected chi connectivity index (χ1v) is 29.5. The van der Waals surface area contributed by atoms with Gasteiger partial charge in [-0.2, -0.15) is 18.4 Å². The molecule has 0 radical (unpaired) electrons. The summed E-state index contributed by atoms with van der Waals surface area (Å²) < 4.78 is 76.0. The quantitative estimate of drug-likeness (QED) is 0.0317. The molecule has 1 unspecified atom stereocenters. The Balaban J connectivity index is 0.732. The Labute approximate surface area is 498 Å². The topological polar surface area (TPSA) is 185 Å². The van der Waals surface area contributed by atoms with Crippen LogP contribution in [0.5, 0.6) is 11.5 Å². The lowest BCUT2D eigenvalue weighted by Crippen LogP contribution is -2.55. The SMILES string of the molecule is Cc1ncsc1-c1ccc(CNC(=O)[C@@H]2CCCN2C(=O)C(C(C)C)N2Cc3ccccc3C2=O)c(OCCOCCOCCCCCOCCOCCOc2ccc(N(C=S)C(C)(C)C(=O)N(C)c3ccc(C#N)c(C(F)(F)F)c3)cc2)c1. The number of benzene rings is 4. The average molecular weight is 1200 g/mol. The summed E-state index contributed by atoms with van der Waals surface area (Å²) in [7, 11) is 1.37. The highest BCUT2D eigenvalue weighted by molar-refractivity contribution is 7.79. The minimum Gasteiger partial charge on any atom is -0.491 e. The number of aryl methyl sites for hydroxylation is 1. The van der Waals surface area contributed by atoms with E-state index in [1.807, 2.05) is 57.2 Å². The van der Waals surface area contributed by atoms with Gasteiger partial charge in [-0.1, -0.05) is 56.4 Å². The Morgan fingerprint density at radius 1 is 0.857 bits per heavy atom. The highest BCUT2D eigenvalue weighted by atomic mass is 32.1. The van der Waals surface area contributed by atoms with Crippen molar-refractivity contribution < 1.29 is 60.8 Å². The van der Waals surface area contributed by atoms with Crippen molar-refractivity contribution in [1.29, 1.82) is 5.26 Å². The zero-order valence-corrected chi connectivity index (χ0v) is 50.0. The summed E-state index contributed by atoms with van der Waals surface area (Å²) in [5, 5.41) is 12.2. The molecule has 7 rings (SSSR count). The molecule has 1 N–H and O–H groups in total. The fourth-order valence-corrected chi connectivity index (χ4v) is 11.4. The van der Waals surface area contributed by atoms with Crippen LogP contribution in [0.2, 0.25) is 0 Å². The van der Waals surface area contributed by atoms with E-state index in [-0.39, 0.29) is 49.1 Å². The molecule has 2 aliphatic rings. The number of fused-ring (bicyclic) bond motifs is 1. The number of carbonyl (C=O) groups excluding carboxylic acids is 4. The molecule has 1 saturated heterocycles. The molecule has 0 saturated carbocycles. The number of aromatic nitrogens is 1. The number of anilines is 2. The third-order valence-corrected chi connectivity index (χ3v) is 15.9. The van der Waals surface area contributed by atoms with Crippen molar-refractivity contribution >= 4 is 64.0 Å². The van der Waals surface area contributed by atoms with E-state index in [0.29, 0.717) is 102 Å². The van der Waals surface area contributed by atoms with Crippen molar-refractivity contribution in [3.05, 3.63) is 124 Å². The molecule has 0 aliphatic carbocycles. The van der Waals surface area contributed by atoms with Gasteiger partial charge in [-0.05, 0) is 125 Å². The van der Waals surface area contributed by atoms with Crippen LogP contribution >= 0.6 is 23.6 Å². The van der Waals surface area contributed by atoms with E-state index in [4.69, 9.17) is 45.9 Å². The van der Waals surface area contributed by atoms with Crippen LogP contribution in [-0.2, 0) is 52.6 Å². The fraction of sp³-hybridized carbons (Fsp3) is 0.468. The molecule has 0 spiro atoms. The number of nitriles is 1. The molecule has 1 fully saturated rings. The number of likely N-dealkylation sites (N-methyl/N-ethyl adjacent to an activating group) is 1. The monoisotopic (exact) mass is 1200 g/mol. The van der Waals surface area contributed by atoms with Crippen molar-refractivity contribution in [2.45, 2.75) is 104 Å². The number of nitrogens with zero attached hydrogens (tertiary/aromatic N) is 6. The van der Waals surface area contributed by atoms with Gasteiger partial charge in [0, 0.05) is 62.4 Å². The van der Waals surface area contributed by atoms with Crippen molar-refractivity contribution in [2.24, 2.45) is 5.92 Å². The summed E-state index contributed by atoms with van der Waals surface area (Å²) in [6.07, 6.45) is -0.852. The van der Waals surface area contributed by atoms with Crippen LogP contribution in [-0.4, -0.2) is 141 Å². The minimum atomic E-state index is -4.77. The highest BCUT2D eigenvalue weighted by Gasteiger charge is 2.44. The van der Waals surface area contributed by atoms with Crippen LogP contribution in [0.25, 0.3) is 10.4 Å². The normalized spacial score (nSPS) is 14.5. The van der Waals surface area contributed by atoms with Crippen molar-refractivity contribution in [3.63, 3.8) is 0 Å². The van der Waals surface area contributed by atoms with Gasteiger partial charge in [-0.25, -0.2) is 4.98 Å². The molecule has 22 heteroatoms. The minimum absolute atomic E-state index is 0.0202. The third-order valence-electron chi connectivity index (χ3n) is 14.7. The number of thiocarbonyl (C=S) groups is 1. The summed E-state index contributed by atoms with van der Waals surface area (Å²) in [6.45, 7) is 14.2. The lowest BCUT2D eigenvalue weighted by Gasteiger charge is -2.38. The smallest absolute Gasteiger partial charge is 0.417 e. The predicted octanol–water partition coefficient (Wildman–Crippen LogP) is 10.2. The van der Waals surface area contributed by atoms with E-state index in [1.165, 1.54) is 18.6 Å². The third kappa shape index (κ3) is 16.7. The van der Waals surface area contributed by atoms with Crippen molar-refractivity contribution in [2.75, 3.05) is 89.5 Å². The molecular weight excluding hydrogens is 1120 g/mol. The molecule has 17 nitrogen and oxygen atoms in total. The molecule has 84 heavy (non-hydrogen) atoms. The molecule has 4 amide bonds. The van der Waals surface area contributed by atoms with Gasteiger partial charge >= 0.3 is 6.18 Å². The number of halogens is 3.